The third-order valence-corrected chi connectivity index (χ3v) is 6.57. The largest absolute Gasteiger partial charge is 0.390 e. The van der Waals surface area contributed by atoms with E-state index in [1.165, 1.54) is 6.20 Å². The van der Waals surface area contributed by atoms with Crippen molar-refractivity contribution < 1.29 is 5.11 Å². The van der Waals surface area contributed by atoms with Gasteiger partial charge in [-0.15, -0.1) is 0 Å². The fourth-order valence-corrected chi connectivity index (χ4v) is 4.90. The summed E-state index contributed by atoms with van der Waals surface area (Å²) in [6, 6.07) is 5.66. The third kappa shape index (κ3) is 3.35. The highest BCUT2D eigenvalue weighted by molar-refractivity contribution is 7.08. The Kier molecular flexibility index (Phi) is 4.91. The van der Waals surface area contributed by atoms with Crippen molar-refractivity contribution >= 4 is 33.3 Å². The average molecular weight is 436 g/mol. The Labute approximate surface area is 181 Å². The van der Waals surface area contributed by atoms with E-state index in [9.17, 15) is 14.7 Å². The molecule has 1 aliphatic heterocycles. The number of thiophene rings is 1. The lowest BCUT2D eigenvalue weighted by atomic mass is 10.0. The maximum atomic E-state index is 13.0. The first-order chi connectivity index (χ1) is 15.1. The minimum Gasteiger partial charge on any atom is -0.390 e. The van der Waals surface area contributed by atoms with Crippen LogP contribution in [0.1, 0.15) is 18.9 Å². The first kappa shape index (κ1) is 19.7. The number of likely N-dealkylation sites (tertiary alicyclic amines) is 1. The van der Waals surface area contributed by atoms with Gasteiger partial charge in [0.1, 0.15) is 5.52 Å². The first-order valence-electron chi connectivity index (χ1n) is 10.1. The number of hydrogen-bond donors (Lipinski definition) is 2. The molecule has 0 spiro atoms. The van der Waals surface area contributed by atoms with Crippen LogP contribution < -0.4 is 11.2 Å². The molecule has 9 heteroatoms. The van der Waals surface area contributed by atoms with Crippen LogP contribution in [-0.2, 0) is 0 Å². The van der Waals surface area contributed by atoms with Gasteiger partial charge < -0.3 is 10.0 Å². The first-order valence-corrected chi connectivity index (χ1v) is 11.0. The van der Waals surface area contributed by atoms with Crippen LogP contribution in [0.5, 0.6) is 0 Å². The van der Waals surface area contributed by atoms with Gasteiger partial charge in [0, 0.05) is 42.0 Å². The van der Waals surface area contributed by atoms with Crippen LogP contribution in [0.4, 0.5) is 0 Å². The number of nitrogens with zero attached hydrogens (tertiary/aromatic N) is 4. The molecular weight excluding hydrogens is 414 g/mol. The lowest BCUT2D eigenvalue weighted by Gasteiger charge is -2.35. The Morgan fingerprint density at radius 3 is 2.77 bits per heavy atom. The molecule has 0 radical (unpaired) electrons. The Bertz CT molecular complexity index is 1400. The molecule has 0 unspecified atom stereocenters. The lowest BCUT2D eigenvalue weighted by molar-refractivity contribution is 0.195. The van der Waals surface area contributed by atoms with Crippen LogP contribution in [0.15, 0.2) is 57.0 Å². The van der Waals surface area contributed by atoms with Crippen molar-refractivity contribution in [3.63, 3.8) is 0 Å². The standard InChI is InChI=1S/C22H21N5O3S/c1-13(11-28)26-7-4-15(5-8-26)27-20-16(21(29)25-22(27)30)10-23-18-3-2-17(24-19(18)20)14-6-9-31-12-14/h2-3,6,9-10,12,15,28H,1,4-5,7-8,11H2,(H,25,29,30). The van der Waals surface area contributed by atoms with Crippen LogP contribution >= 0.6 is 11.3 Å². The van der Waals surface area contributed by atoms with Gasteiger partial charge in [-0.3, -0.25) is 19.3 Å². The minimum absolute atomic E-state index is 0.0855. The normalized spacial score (nSPS) is 15.1. The van der Waals surface area contributed by atoms with Crippen LogP contribution in [0.2, 0.25) is 0 Å². The number of nitrogens with one attached hydrogen (secondary N) is 1. The van der Waals surface area contributed by atoms with E-state index in [0.717, 1.165) is 11.3 Å². The van der Waals surface area contributed by atoms with Crippen LogP contribution in [0.25, 0.3) is 33.2 Å². The van der Waals surface area contributed by atoms with Crippen molar-refractivity contribution in [2.45, 2.75) is 18.9 Å². The van der Waals surface area contributed by atoms with Crippen LogP contribution in [0.3, 0.4) is 0 Å². The van der Waals surface area contributed by atoms with Gasteiger partial charge in [0.05, 0.1) is 28.7 Å². The van der Waals surface area contributed by atoms with Gasteiger partial charge in [-0.25, -0.2) is 9.78 Å². The molecule has 0 amide bonds. The maximum absolute atomic E-state index is 13.0. The van der Waals surface area contributed by atoms with E-state index in [4.69, 9.17) is 4.98 Å². The van der Waals surface area contributed by atoms with Gasteiger partial charge in [0.25, 0.3) is 5.56 Å². The topological polar surface area (TPSA) is 104 Å². The molecular formula is C22H21N5O3S. The number of H-pyrrole nitrogens is 1. The quantitative estimate of drug-likeness (QED) is 0.478. The highest BCUT2D eigenvalue weighted by Crippen LogP contribution is 2.29. The molecule has 0 bridgehead atoms. The zero-order chi connectivity index (χ0) is 21.5. The fraction of sp³-hybridized carbons (Fsp3) is 0.273. The summed E-state index contributed by atoms with van der Waals surface area (Å²) in [5, 5.41) is 13.7. The Balaban J connectivity index is 1.71. The van der Waals surface area contributed by atoms with E-state index in [0.29, 0.717) is 53.6 Å². The molecule has 5 rings (SSSR count). The molecule has 1 fully saturated rings. The fourth-order valence-electron chi connectivity index (χ4n) is 4.25. The van der Waals surface area contributed by atoms with Crippen molar-refractivity contribution in [3.05, 3.63) is 68.3 Å². The molecule has 0 atom stereocenters. The predicted molar refractivity (Wildman–Crippen MR) is 121 cm³/mol. The molecule has 1 aliphatic rings. The highest BCUT2D eigenvalue weighted by atomic mass is 32.1. The lowest BCUT2D eigenvalue weighted by Crippen LogP contribution is -2.40. The van der Waals surface area contributed by atoms with Gasteiger partial charge >= 0.3 is 5.69 Å². The van der Waals surface area contributed by atoms with Gasteiger partial charge in [-0.05, 0) is 36.4 Å². The molecule has 1 saturated heterocycles. The third-order valence-electron chi connectivity index (χ3n) is 5.89. The summed E-state index contributed by atoms with van der Waals surface area (Å²) in [5.41, 5.74) is 3.24. The Morgan fingerprint density at radius 1 is 1.26 bits per heavy atom. The number of aromatic amines is 1. The van der Waals surface area contributed by atoms with E-state index < -0.39 is 11.2 Å². The summed E-state index contributed by atoms with van der Waals surface area (Å²) in [7, 11) is 0. The monoisotopic (exact) mass is 435 g/mol. The highest BCUT2D eigenvalue weighted by Gasteiger charge is 2.25. The van der Waals surface area contributed by atoms with E-state index in [1.54, 1.807) is 15.9 Å². The van der Waals surface area contributed by atoms with Crippen molar-refractivity contribution in [1.29, 1.82) is 0 Å². The summed E-state index contributed by atoms with van der Waals surface area (Å²) in [6.45, 7) is 5.15. The number of fused-ring (bicyclic) bond motifs is 3. The van der Waals surface area contributed by atoms with Gasteiger partial charge in [0.2, 0.25) is 0 Å². The average Bonchev–Trinajstić information content (AvgIpc) is 3.33. The van der Waals surface area contributed by atoms with E-state index >= 15 is 0 Å². The molecule has 4 aromatic heterocycles. The second-order valence-corrected chi connectivity index (χ2v) is 8.45. The number of aliphatic hydroxyl groups is 1. The Morgan fingerprint density at radius 2 is 2.06 bits per heavy atom. The van der Waals surface area contributed by atoms with Crippen molar-refractivity contribution in [1.82, 2.24) is 24.4 Å². The summed E-state index contributed by atoms with van der Waals surface area (Å²) in [5.74, 6) is 0. The summed E-state index contributed by atoms with van der Waals surface area (Å²) < 4.78 is 1.67. The second kappa shape index (κ2) is 7.75. The van der Waals surface area contributed by atoms with Gasteiger partial charge in [-0.1, -0.05) is 6.58 Å². The van der Waals surface area contributed by atoms with Crippen molar-refractivity contribution in [2.75, 3.05) is 19.7 Å². The summed E-state index contributed by atoms with van der Waals surface area (Å²) >= 11 is 1.58. The van der Waals surface area contributed by atoms with Gasteiger partial charge in [-0.2, -0.15) is 11.3 Å². The second-order valence-electron chi connectivity index (χ2n) is 7.67. The molecule has 2 N–H and O–H groups in total. The van der Waals surface area contributed by atoms with Crippen LogP contribution in [0, 0.1) is 0 Å². The number of aliphatic hydroxyl groups excluding tert-OH is 1. The van der Waals surface area contributed by atoms with E-state index in [2.05, 4.69) is 16.5 Å². The predicted octanol–water partition coefficient (Wildman–Crippen LogP) is 2.50. The number of pyridine rings is 2. The van der Waals surface area contributed by atoms with Crippen LogP contribution in [-0.4, -0.2) is 49.2 Å². The molecule has 5 heterocycles. The molecule has 0 saturated carbocycles. The number of rotatable bonds is 4. The zero-order valence-electron chi connectivity index (χ0n) is 16.7. The molecule has 4 aromatic rings. The maximum Gasteiger partial charge on any atom is 0.329 e. The van der Waals surface area contributed by atoms with Crippen molar-refractivity contribution in [2.24, 2.45) is 0 Å². The zero-order valence-corrected chi connectivity index (χ0v) is 17.6. The number of piperidine rings is 1. The SMILES string of the molecule is C=C(CO)N1CCC(n2c(=O)[nH]c(=O)c3cnc4ccc(-c5ccsc5)nc4c32)CC1. The van der Waals surface area contributed by atoms with E-state index in [1.807, 2.05) is 33.9 Å². The smallest absolute Gasteiger partial charge is 0.329 e. The van der Waals surface area contributed by atoms with E-state index in [-0.39, 0.29) is 12.6 Å². The number of hydrogen-bond acceptors (Lipinski definition) is 7. The molecule has 31 heavy (non-hydrogen) atoms. The molecule has 0 aromatic carbocycles. The molecule has 158 valence electrons. The van der Waals surface area contributed by atoms with Crippen molar-refractivity contribution in [3.8, 4) is 11.3 Å². The summed E-state index contributed by atoms with van der Waals surface area (Å²) in [6.07, 6.45) is 2.89. The molecule has 0 aliphatic carbocycles. The summed E-state index contributed by atoms with van der Waals surface area (Å²) in [4.78, 5) is 39.3. The molecule has 8 nitrogen and oxygen atoms in total. The minimum atomic E-state index is -0.459. The number of aromatic nitrogens is 4. The van der Waals surface area contributed by atoms with Gasteiger partial charge in [0.15, 0.2) is 0 Å². The Hall–Kier alpha value is -3.30.